The summed E-state index contributed by atoms with van der Waals surface area (Å²) in [5.41, 5.74) is 0.734. The number of methoxy groups -OCH3 is 1. The quantitative estimate of drug-likeness (QED) is 0.934. The number of carbonyl (C=O) groups is 2. The van der Waals surface area contributed by atoms with Gasteiger partial charge in [0.2, 0.25) is 5.91 Å². The van der Waals surface area contributed by atoms with E-state index in [0.717, 1.165) is 5.56 Å². The third-order valence-corrected chi connectivity index (χ3v) is 3.64. The van der Waals surface area contributed by atoms with Crippen molar-refractivity contribution in [3.05, 3.63) is 54.0 Å². The summed E-state index contributed by atoms with van der Waals surface area (Å²) in [4.78, 5) is 26.3. The highest BCUT2D eigenvalue weighted by atomic mass is 16.5. The minimum absolute atomic E-state index is 0.198. The fourth-order valence-corrected chi connectivity index (χ4v) is 2.54. The summed E-state index contributed by atoms with van der Waals surface area (Å²) in [6, 6.07) is 9.70. The molecule has 1 aromatic heterocycles. The van der Waals surface area contributed by atoms with Crippen molar-refractivity contribution in [1.29, 1.82) is 0 Å². The average molecular weight is 300 g/mol. The van der Waals surface area contributed by atoms with Gasteiger partial charge in [0.15, 0.2) is 5.76 Å². The summed E-state index contributed by atoms with van der Waals surface area (Å²) in [6.07, 6.45) is 1.44. The molecule has 1 saturated heterocycles. The zero-order valence-corrected chi connectivity index (χ0v) is 12.1. The molecule has 6 nitrogen and oxygen atoms in total. The molecule has 1 atom stereocenters. The van der Waals surface area contributed by atoms with E-state index in [0.29, 0.717) is 18.8 Å². The number of nitrogens with one attached hydrogen (secondary N) is 1. The Morgan fingerprint density at radius 3 is 2.73 bits per heavy atom. The fraction of sp³-hybridized carbons (Fsp3) is 0.250. The van der Waals surface area contributed by atoms with E-state index in [4.69, 9.17) is 9.15 Å². The van der Waals surface area contributed by atoms with Crippen LogP contribution in [0.2, 0.25) is 0 Å². The number of furan rings is 1. The summed E-state index contributed by atoms with van der Waals surface area (Å²) in [5.74, 6) is 0.439. The summed E-state index contributed by atoms with van der Waals surface area (Å²) >= 11 is 0. The SMILES string of the molecule is COc1ccc(C2C(=O)NCCN2C(=O)c2ccco2)cc1. The highest BCUT2D eigenvalue weighted by Gasteiger charge is 2.35. The van der Waals surface area contributed by atoms with Gasteiger partial charge in [-0.3, -0.25) is 9.59 Å². The van der Waals surface area contributed by atoms with Crippen LogP contribution in [-0.2, 0) is 4.79 Å². The van der Waals surface area contributed by atoms with Gasteiger partial charge in [-0.15, -0.1) is 0 Å². The lowest BCUT2D eigenvalue weighted by Crippen LogP contribution is -2.52. The number of amides is 2. The van der Waals surface area contributed by atoms with Crippen LogP contribution >= 0.6 is 0 Å². The van der Waals surface area contributed by atoms with Crippen LogP contribution < -0.4 is 10.1 Å². The Bertz CT molecular complexity index is 664. The Kier molecular flexibility index (Phi) is 3.82. The summed E-state index contributed by atoms with van der Waals surface area (Å²) < 4.78 is 10.3. The van der Waals surface area contributed by atoms with E-state index in [2.05, 4.69) is 5.32 Å². The Morgan fingerprint density at radius 2 is 2.09 bits per heavy atom. The maximum atomic E-state index is 12.5. The van der Waals surface area contributed by atoms with Gasteiger partial charge < -0.3 is 19.4 Å². The largest absolute Gasteiger partial charge is 0.497 e. The molecule has 1 N–H and O–H groups in total. The second-order valence-electron chi connectivity index (χ2n) is 4.94. The molecule has 2 amide bonds. The zero-order chi connectivity index (χ0) is 15.5. The van der Waals surface area contributed by atoms with Gasteiger partial charge in [0.1, 0.15) is 11.8 Å². The van der Waals surface area contributed by atoms with Gasteiger partial charge in [0.25, 0.3) is 5.91 Å². The van der Waals surface area contributed by atoms with Gasteiger partial charge in [-0.05, 0) is 29.8 Å². The normalized spacial score (nSPS) is 18.0. The van der Waals surface area contributed by atoms with E-state index < -0.39 is 6.04 Å². The Hall–Kier alpha value is -2.76. The third kappa shape index (κ3) is 2.55. The number of hydrogen-bond donors (Lipinski definition) is 1. The van der Waals surface area contributed by atoms with Crippen LogP contribution in [0.4, 0.5) is 0 Å². The molecular formula is C16H16N2O4. The second kappa shape index (κ2) is 5.93. The maximum Gasteiger partial charge on any atom is 0.290 e. The van der Waals surface area contributed by atoms with Crippen LogP contribution in [0, 0.1) is 0 Å². The van der Waals surface area contributed by atoms with Gasteiger partial charge in [-0.25, -0.2) is 0 Å². The highest BCUT2D eigenvalue weighted by Crippen LogP contribution is 2.26. The molecule has 0 spiro atoms. The molecule has 3 rings (SSSR count). The standard InChI is InChI=1S/C16H16N2O4/c1-21-12-6-4-11(5-7-12)14-15(19)17-8-9-18(14)16(20)13-3-2-10-22-13/h2-7,10,14H,8-9H2,1H3,(H,17,19). The average Bonchev–Trinajstić information content (AvgIpc) is 3.08. The molecule has 1 aliphatic rings. The van der Waals surface area contributed by atoms with E-state index >= 15 is 0 Å². The van der Waals surface area contributed by atoms with Crippen molar-refractivity contribution in [3.63, 3.8) is 0 Å². The van der Waals surface area contributed by atoms with Crippen molar-refractivity contribution < 1.29 is 18.7 Å². The maximum absolute atomic E-state index is 12.5. The molecular weight excluding hydrogens is 284 g/mol. The van der Waals surface area contributed by atoms with Crippen molar-refractivity contribution in [1.82, 2.24) is 10.2 Å². The smallest absolute Gasteiger partial charge is 0.290 e. The van der Waals surface area contributed by atoms with Crippen LogP contribution in [0.3, 0.4) is 0 Å². The van der Waals surface area contributed by atoms with E-state index in [9.17, 15) is 9.59 Å². The highest BCUT2D eigenvalue weighted by molar-refractivity contribution is 5.96. The van der Waals surface area contributed by atoms with E-state index in [1.165, 1.54) is 11.2 Å². The number of hydrogen-bond acceptors (Lipinski definition) is 4. The van der Waals surface area contributed by atoms with Crippen LogP contribution in [0.15, 0.2) is 47.1 Å². The van der Waals surface area contributed by atoms with Crippen molar-refractivity contribution >= 4 is 11.8 Å². The minimum Gasteiger partial charge on any atom is -0.497 e. The molecule has 0 bridgehead atoms. The predicted octanol–water partition coefficient (Wildman–Crippen LogP) is 1.60. The first-order chi connectivity index (χ1) is 10.7. The Morgan fingerprint density at radius 1 is 1.32 bits per heavy atom. The topological polar surface area (TPSA) is 71.8 Å². The summed E-state index contributed by atoms with van der Waals surface area (Å²) in [7, 11) is 1.58. The van der Waals surface area contributed by atoms with Crippen LogP contribution in [0.5, 0.6) is 5.75 Å². The van der Waals surface area contributed by atoms with Crippen LogP contribution in [-0.4, -0.2) is 36.9 Å². The molecule has 0 saturated carbocycles. The molecule has 0 aliphatic carbocycles. The molecule has 1 aromatic carbocycles. The fourth-order valence-electron chi connectivity index (χ4n) is 2.54. The van der Waals surface area contributed by atoms with Crippen molar-refractivity contribution in [2.45, 2.75) is 6.04 Å². The lowest BCUT2D eigenvalue weighted by molar-refractivity contribution is -0.128. The summed E-state index contributed by atoms with van der Waals surface area (Å²) in [5, 5.41) is 2.79. The molecule has 1 fully saturated rings. The number of carbonyl (C=O) groups excluding carboxylic acids is 2. The molecule has 6 heteroatoms. The number of ether oxygens (including phenoxy) is 1. The Labute approximate surface area is 127 Å². The molecule has 2 aromatic rings. The van der Waals surface area contributed by atoms with Crippen molar-refractivity contribution in [2.75, 3.05) is 20.2 Å². The van der Waals surface area contributed by atoms with Gasteiger partial charge >= 0.3 is 0 Å². The molecule has 1 unspecified atom stereocenters. The van der Waals surface area contributed by atoms with Crippen LogP contribution in [0.1, 0.15) is 22.2 Å². The predicted molar refractivity (Wildman–Crippen MR) is 78.5 cm³/mol. The van der Waals surface area contributed by atoms with Gasteiger partial charge in [-0.2, -0.15) is 0 Å². The van der Waals surface area contributed by atoms with E-state index in [-0.39, 0.29) is 17.6 Å². The van der Waals surface area contributed by atoms with Crippen molar-refractivity contribution in [3.8, 4) is 5.75 Å². The molecule has 0 radical (unpaired) electrons. The van der Waals surface area contributed by atoms with Gasteiger partial charge in [0.05, 0.1) is 13.4 Å². The number of nitrogens with zero attached hydrogens (tertiary/aromatic N) is 1. The molecule has 1 aliphatic heterocycles. The lowest BCUT2D eigenvalue weighted by Gasteiger charge is -2.34. The monoisotopic (exact) mass is 300 g/mol. The molecule has 114 valence electrons. The first kappa shape index (κ1) is 14.2. The number of rotatable bonds is 3. The first-order valence-electron chi connectivity index (χ1n) is 6.97. The minimum atomic E-state index is -0.669. The van der Waals surface area contributed by atoms with Gasteiger partial charge in [0, 0.05) is 13.1 Å². The number of benzene rings is 1. The van der Waals surface area contributed by atoms with Crippen molar-refractivity contribution in [2.24, 2.45) is 0 Å². The Balaban J connectivity index is 1.92. The molecule has 2 heterocycles. The third-order valence-electron chi connectivity index (χ3n) is 3.64. The summed E-state index contributed by atoms with van der Waals surface area (Å²) in [6.45, 7) is 0.861. The second-order valence-corrected chi connectivity index (χ2v) is 4.94. The molecule has 22 heavy (non-hydrogen) atoms. The zero-order valence-electron chi connectivity index (χ0n) is 12.1. The van der Waals surface area contributed by atoms with E-state index in [1.807, 2.05) is 0 Å². The number of piperazine rings is 1. The first-order valence-corrected chi connectivity index (χ1v) is 6.97. The van der Waals surface area contributed by atoms with E-state index in [1.54, 1.807) is 43.5 Å². The van der Waals surface area contributed by atoms with Crippen LogP contribution in [0.25, 0.3) is 0 Å². The lowest BCUT2D eigenvalue weighted by atomic mass is 10.0. The van der Waals surface area contributed by atoms with Gasteiger partial charge in [-0.1, -0.05) is 12.1 Å².